The van der Waals surface area contributed by atoms with Gasteiger partial charge in [0.05, 0.1) is 43.5 Å². The van der Waals surface area contributed by atoms with Crippen molar-refractivity contribution in [3.8, 4) is 11.3 Å². The predicted molar refractivity (Wildman–Crippen MR) is 108 cm³/mol. The number of nitrogens with zero attached hydrogens (tertiary/aromatic N) is 3. The Balaban J connectivity index is 1.48. The number of amides is 1. The van der Waals surface area contributed by atoms with Gasteiger partial charge in [0.15, 0.2) is 0 Å². The maximum Gasteiger partial charge on any atom is 0.419 e. The lowest BCUT2D eigenvalue weighted by Gasteiger charge is -2.37. The molecule has 4 rings (SSSR count). The molecule has 6 nitrogen and oxygen atoms in total. The van der Waals surface area contributed by atoms with Crippen molar-refractivity contribution in [3.05, 3.63) is 65.1 Å². The highest BCUT2D eigenvalue weighted by atomic mass is 19.4. The molecule has 2 aromatic carbocycles. The molecule has 1 saturated heterocycles. The summed E-state index contributed by atoms with van der Waals surface area (Å²) >= 11 is 0. The van der Waals surface area contributed by atoms with Crippen LogP contribution < -0.4 is 5.32 Å². The molecule has 0 atom stereocenters. The smallest absolute Gasteiger partial charge is 0.380 e. The molecule has 1 aliphatic rings. The number of hydrogen-bond donors (Lipinski definition) is 1. The highest BCUT2D eigenvalue weighted by Gasteiger charge is 2.35. The molecule has 1 fully saturated rings. The lowest BCUT2D eigenvalue weighted by molar-refractivity contribution is -0.140. The van der Waals surface area contributed by atoms with E-state index in [1.807, 2.05) is 6.92 Å². The third-order valence-corrected chi connectivity index (χ3v) is 5.30. The second-order valence-corrected chi connectivity index (χ2v) is 8.42. The first-order chi connectivity index (χ1) is 15.9. The zero-order valence-electron chi connectivity index (χ0n) is 17.7. The van der Waals surface area contributed by atoms with Gasteiger partial charge in [-0.1, -0.05) is 24.3 Å². The van der Waals surface area contributed by atoms with Crippen LogP contribution in [0.4, 0.5) is 32.0 Å². The van der Waals surface area contributed by atoms with Gasteiger partial charge in [-0.15, -0.1) is 5.10 Å². The van der Waals surface area contributed by atoms with E-state index in [1.54, 1.807) is 0 Å². The van der Waals surface area contributed by atoms with Gasteiger partial charge in [0.2, 0.25) is 5.91 Å². The molecule has 2 heterocycles. The van der Waals surface area contributed by atoms with Gasteiger partial charge in [0, 0.05) is 11.1 Å². The van der Waals surface area contributed by atoms with Crippen molar-refractivity contribution in [2.24, 2.45) is 5.41 Å². The van der Waals surface area contributed by atoms with E-state index >= 15 is 0 Å². The summed E-state index contributed by atoms with van der Waals surface area (Å²) in [5, 5.41) is 9.86. The summed E-state index contributed by atoms with van der Waals surface area (Å²) in [6.45, 7) is 3.48. The molecule has 0 radical (unpaired) electrons. The van der Waals surface area contributed by atoms with Crippen LogP contribution >= 0.6 is 0 Å². The van der Waals surface area contributed by atoms with Gasteiger partial charge in [-0.25, -0.2) is 13.2 Å². The summed E-state index contributed by atoms with van der Waals surface area (Å²) in [7, 11) is 0. The largest absolute Gasteiger partial charge is 0.419 e. The van der Waals surface area contributed by atoms with Crippen LogP contribution in [-0.2, 0) is 28.7 Å². The summed E-state index contributed by atoms with van der Waals surface area (Å²) in [6.07, 6.45) is -4.30. The standard InChI is InChI=1S/C22H18F6N4O2/c1-21(10-34-11-21)9-32-8-17(30-31-32)19-15(23)6-13(7-16(19)24)29-18(33)5-12-3-2-4-14(20(12)25)22(26,27)28/h2-4,6-8H,5,9-11H2,1H3,(H,29,33). The summed E-state index contributed by atoms with van der Waals surface area (Å²) in [5.74, 6) is -4.61. The fourth-order valence-corrected chi connectivity index (χ4v) is 3.63. The van der Waals surface area contributed by atoms with Gasteiger partial charge < -0.3 is 10.1 Å². The average molecular weight is 484 g/mol. The Bertz CT molecular complexity index is 1210. The Hall–Kier alpha value is -3.41. The Labute approximate surface area is 189 Å². The van der Waals surface area contributed by atoms with Crippen molar-refractivity contribution in [3.63, 3.8) is 0 Å². The van der Waals surface area contributed by atoms with Crippen LogP contribution in [0.3, 0.4) is 0 Å². The minimum Gasteiger partial charge on any atom is -0.380 e. The normalized spacial score (nSPS) is 15.1. The molecule has 1 aliphatic heterocycles. The first kappa shape index (κ1) is 23.7. The molecule has 0 unspecified atom stereocenters. The number of anilines is 1. The van der Waals surface area contributed by atoms with Crippen LogP contribution in [0.5, 0.6) is 0 Å². The molecule has 0 bridgehead atoms. The van der Waals surface area contributed by atoms with Crippen molar-refractivity contribution >= 4 is 11.6 Å². The lowest BCUT2D eigenvalue weighted by atomic mass is 9.89. The minimum absolute atomic E-state index is 0.0530. The maximum atomic E-state index is 14.7. The average Bonchev–Trinajstić information content (AvgIpc) is 3.14. The number of rotatable bonds is 6. The van der Waals surface area contributed by atoms with Crippen LogP contribution in [0.2, 0.25) is 0 Å². The SMILES string of the molecule is CC1(Cn2cc(-c3c(F)cc(NC(=O)Cc4cccc(C(F)(F)F)c4F)cc3F)nn2)COC1. The predicted octanol–water partition coefficient (Wildman–Crippen LogP) is 4.60. The molecule has 1 aromatic heterocycles. The van der Waals surface area contributed by atoms with Gasteiger partial charge >= 0.3 is 6.18 Å². The van der Waals surface area contributed by atoms with Crippen molar-refractivity contribution < 1.29 is 35.9 Å². The number of nitrogens with one attached hydrogen (secondary N) is 1. The molecule has 1 amide bonds. The number of carbonyl (C=O) groups excluding carboxylic acids is 1. The summed E-state index contributed by atoms with van der Waals surface area (Å²) in [4.78, 5) is 12.2. The van der Waals surface area contributed by atoms with Gasteiger partial charge in [-0.05, 0) is 23.8 Å². The third kappa shape index (κ3) is 4.91. The number of aromatic nitrogens is 3. The Morgan fingerprint density at radius 3 is 2.44 bits per heavy atom. The highest BCUT2D eigenvalue weighted by Crippen LogP contribution is 2.33. The highest BCUT2D eigenvalue weighted by molar-refractivity contribution is 5.92. The maximum absolute atomic E-state index is 14.7. The van der Waals surface area contributed by atoms with Crippen molar-refractivity contribution in [2.45, 2.75) is 26.1 Å². The molecular weight excluding hydrogens is 466 g/mol. The van der Waals surface area contributed by atoms with Gasteiger partial charge in [-0.3, -0.25) is 9.48 Å². The molecule has 0 aliphatic carbocycles. The first-order valence-electron chi connectivity index (χ1n) is 10.1. The Morgan fingerprint density at radius 2 is 1.85 bits per heavy atom. The number of benzene rings is 2. The van der Waals surface area contributed by atoms with Crippen LogP contribution in [-0.4, -0.2) is 34.1 Å². The van der Waals surface area contributed by atoms with Gasteiger partial charge in [-0.2, -0.15) is 13.2 Å². The number of carbonyl (C=O) groups is 1. The minimum atomic E-state index is -4.93. The molecule has 180 valence electrons. The van der Waals surface area contributed by atoms with Crippen LogP contribution in [0.25, 0.3) is 11.3 Å². The van der Waals surface area contributed by atoms with Crippen molar-refractivity contribution in [1.29, 1.82) is 0 Å². The fraction of sp³-hybridized carbons (Fsp3) is 0.318. The van der Waals surface area contributed by atoms with Crippen molar-refractivity contribution in [2.75, 3.05) is 18.5 Å². The van der Waals surface area contributed by atoms with Crippen LogP contribution in [0, 0.1) is 22.9 Å². The van der Waals surface area contributed by atoms with Gasteiger partial charge in [0.1, 0.15) is 23.1 Å². The number of hydrogen-bond acceptors (Lipinski definition) is 4. The van der Waals surface area contributed by atoms with E-state index in [0.717, 1.165) is 24.3 Å². The van der Waals surface area contributed by atoms with E-state index in [-0.39, 0.29) is 16.8 Å². The molecule has 12 heteroatoms. The second kappa shape index (κ2) is 8.75. The Morgan fingerprint density at radius 1 is 1.18 bits per heavy atom. The number of ether oxygens (including phenoxy) is 1. The second-order valence-electron chi connectivity index (χ2n) is 8.42. The van der Waals surface area contributed by atoms with Gasteiger partial charge in [0.25, 0.3) is 0 Å². The zero-order chi connectivity index (χ0) is 24.7. The van der Waals surface area contributed by atoms with E-state index in [1.165, 1.54) is 10.9 Å². The van der Waals surface area contributed by atoms with Crippen LogP contribution in [0.15, 0.2) is 36.5 Å². The zero-order valence-corrected chi connectivity index (χ0v) is 17.7. The van der Waals surface area contributed by atoms with E-state index in [2.05, 4.69) is 15.6 Å². The molecule has 1 N–H and O–H groups in total. The topological polar surface area (TPSA) is 69.0 Å². The number of halogens is 6. The molecule has 0 saturated carbocycles. The summed E-state index contributed by atoms with van der Waals surface area (Å²) in [6, 6.07) is 4.20. The van der Waals surface area contributed by atoms with E-state index in [4.69, 9.17) is 4.74 Å². The molecule has 3 aromatic rings. The fourth-order valence-electron chi connectivity index (χ4n) is 3.63. The van der Waals surface area contributed by atoms with Crippen LogP contribution in [0.1, 0.15) is 18.1 Å². The van der Waals surface area contributed by atoms with Crippen molar-refractivity contribution in [1.82, 2.24) is 15.0 Å². The van der Waals surface area contributed by atoms with E-state index in [0.29, 0.717) is 25.8 Å². The quantitative estimate of drug-likeness (QED) is 0.520. The first-order valence-corrected chi connectivity index (χ1v) is 10.1. The molecular formula is C22H18F6N4O2. The Kier molecular flexibility index (Phi) is 6.11. The van der Waals surface area contributed by atoms with E-state index in [9.17, 15) is 31.1 Å². The van der Waals surface area contributed by atoms with E-state index < -0.39 is 52.6 Å². The monoisotopic (exact) mass is 484 g/mol. The third-order valence-electron chi connectivity index (χ3n) is 5.30. The summed E-state index contributed by atoms with van der Waals surface area (Å²) < 4.78 is 88.6. The summed E-state index contributed by atoms with van der Waals surface area (Å²) in [5.41, 5.74) is -2.96. The molecule has 0 spiro atoms. The molecule has 34 heavy (non-hydrogen) atoms. The lowest BCUT2D eigenvalue weighted by Crippen LogP contribution is -2.43. The number of alkyl halides is 3.